The van der Waals surface area contributed by atoms with Gasteiger partial charge in [0.05, 0.1) is 0 Å². The van der Waals surface area contributed by atoms with Crippen molar-refractivity contribution in [1.29, 1.82) is 0 Å². The zero-order valence-electron chi connectivity index (χ0n) is 7.12. The molecule has 0 unspecified atom stereocenters. The van der Waals surface area contributed by atoms with Gasteiger partial charge in [-0.15, -0.1) is 0 Å². The lowest BCUT2D eigenvalue weighted by atomic mass is 9.97. The van der Waals surface area contributed by atoms with E-state index in [1.54, 1.807) is 0 Å². The summed E-state index contributed by atoms with van der Waals surface area (Å²) >= 11 is 0. The molecule has 0 aliphatic rings. The van der Waals surface area contributed by atoms with Gasteiger partial charge in [-0.25, -0.2) is 0 Å². The zero-order valence-corrected chi connectivity index (χ0v) is 7.12. The van der Waals surface area contributed by atoms with Crippen LogP contribution in [0.5, 0.6) is 0 Å². The maximum Gasteiger partial charge on any atom is 0.232 e. The van der Waals surface area contributed by atoms with Crippen LogP contribution in [0.25, 0.3) is 0 Å². The first-order valence-corrected chi connectivity index (χ1v) is 3.47. The summed E-state index contributed by atoms with van der Waals surface area (Å²) in [6.45, 7) is 5.54. The number of hydrogen-bond donors (Lipinski definition) is 0. The summed E-state index contributed by atoms with van der Waals surface area (Å²) in [5.41, 5.74) is -0.333. The number of carbonyl (C=O) groups is 1. The van der Waals surface area contributed by atoms with Crippen LogP contribution in [-0.2, 0) is 5.41 Å². The fraction of sp³-hybridized carbons (Fsp3) is 0.571. The number of carboxylic acid groups (broad SMARTS) is 1. The summed E-state index contributed by atoms with van der Waals surface area (Å²) in [5, 5.41) is 13.5. The van der Waals surface area contributed by atoms with E-state index in [4.69, 9.17) is 4.52 Å². The van der Waals surface area contributed by atoms with E-state index < -0.39 is 11.8 Å². The molecule has 0 saturated heterocycles. The number of rotatable bonds is 1. The number of nitrogens with zero attached hydrogens (tertiary/aromatic N) is 2. The Balaban J connectivity index is 3.00. The Labute approximate surface area is 69.4 Å². The minimum Gasteiger partial charge on any atom is -0.541 e. The van der Waals surface area contributed by atoms with Crippen molar-refractivity contribution in [2.24, 2.45) is 0 Å². The quantitative estimate of drug-likeness (QED) is 0.578. The van der Waals surface area contributed by atoms with Gasteiger partial charge < -0.3 is 14.4 Å². The molecule has 1 aromatic heterocycles. The minimum absolute atomic E-state index is 0.293. The lowest BCUT2D eigenvalue weighted by molar-refractivity contribution is -0.256. The molecule has 5 heteroatoms. The zero-order chi connectivity index (χ0) is 9.35. The first kappa shape index (κ1) is 8.70. The molecule has 0 aliphatic heterocycles. The minimum atomic E-state index is -1.42. The fourth-order valence-electron chi connectivity index (χ4n) is 0.611. The second-order valence-corrected chi connectivity index (χ2v) is 3.46. The molecule has 0 aromatic carbocycles. The predicted molar refractivity (Wildman–Crippen MR) is 37.3 cm³/mol. The maximum atomic E-state index is 10.2. The highest BCUT2D eigenvalue weighted by molar-refractivity contribution is 5.80. The fourth-order valence-corrected chi connectivity index (χ4v) is 0.611. The van der Waals surface area contributed by atoms with Crippen LogP contribution in [0.3, 0.4) is 0 Å². The molecular weight excluding hydrogens is 160 g/mol. The number of hydrogen-bond acceptors (Lipinski definition) is 5. The molecular formula is C7H9N2O3-. The van der Waals surface area contributed by atoms with Crippen molar-refractivity contribution in [3.63, 3.8) is 0 Å². The van der Waals surface area contributed by atoms with Gasteiger partial charge in [0.2, 0.25) is 11.7 Å². The molecule has 12 heavy (non-hydrogen) atoms. The average Bonchev–Trinajstić information content (AvgIpc) is 2.30. The van der Waals surface area contributed by atoms with Crippen LogP contribution in [-0.4, -0.2) is 16.1 Å². The molecule has 1 rings (SSSR count). The van der Waals surface area contributed by atoms with Gasteiger partial charge in [0, 0.05) is 5.41 Å². The van der Waals surface area contributed by atoms with E-state index >= 15 is 0 Å². The summed E-state index contributed by atoms with van der Waals surface area (Å²) < 4.78 is 4.71. The van der Waals surface area contributed by atoms with Crippen LogP contribution in [0.1, 0.15) is 37.3 Å². The van der Waals surface area contributed by atoms with E-state index in [0.717, 1.165) is 0 Å². The number of aromatic nitrogens is 2. The van der Waals surface area contributed by atoms with Crippen molar-refractivity contribution in [1.82, 2.24) is 10.1 Å². The number of carboxylic acids is 1. The SMILES string of the molecule is CC(C)(C)c1nc(C(=O)[O-])no1. The highest BCUT2D eigenvalue weighted by atomic mass is 16.5. The van der Waals surface area contributed by atoms with Crippen LogP contribution < -0.4 is 5.11 Å². The lowest BCUT2D eigenvalue weighted by Gasteiger charge is -2.10. The molecule has 1 aromatic rings. The molecule has 0 saturated carbocycles. The van der Waals surface area contributed by atoms with Crippen LogP contribution in [0.4, 0.5) is 0 Å². The Morgan fingerprint density at radius 3 is 2.33 bits per heavy atom. The van der Waals surface area contributed by atoms with Crippen LogP contribution in [0, 0.1) is 0 Å². The van der Waals surface area contributed by atoms with Gasteiger partial charge in [-0.1, -0.05) is 25.9 Å². The third-order valence-electron chi connectivity index (χ3n) is 1.25. The van der Waals surface area contributed by atoms with E-state index in [0.29, 0.717) is 5.89 Å². The molecule has 0 bridgehead atoms. The van der Waals surface area contributed by atoms with E-state index in [2.05, 4.69) is 10.1 Å². The van der Waals surface area contributed by atoms with Crippen LogP contribution in [0.15, 0.2) is 4.52 Å². The van der Waals surface area contributed by atoms with E-state index in [1.165, 1.54) is 0 Å². The van der Waals surface area contributed by atoms with Gasteiger partial charge >= 0.3 is 0 Å². The predicted octanol–water partition coefficient (Wildman–Crippen LogP) is -0.269. The Hall–Kier alpha value is -1.39. The molecule has 0 atom stereocenters. The standard InChI is InChI=1S/C7H10N2O3/c1-7(2,3)6-8-4(5(10)11)9-12-6/h1-3H3,(H,10,11)/p-1. The monoisotopic (exact) mass is 169 g/mol. The molecule has 0 aliphatic carbocycles. The van der Waals surface area contributed by atoms with E-state index in [-0.39, 0.29) is 5.41 Å². The second-order valence-electron chi connectivity index (χ2n) is 3.46. The molecule has 0 fully saturated rings. The summed E-state index contributed by atoms with van der Waals surface area (Å²) in [4.78, 5) is 13.9. The summed E-state index contributed by atoms with van der Waals surface area (Å²) in [6.07, 6.45) is 0. The average molecular weight is 169 g/mol. The summed E-state index contributed by atoms with van der Waals surface area (Å²) in [6, 6.07) is 0. The Morgan fingerprint density at radius 1 is 1.50 bits per heavy atom. The number of carbonyl (C=O) groups excluding carboxylic acids is 1. The first-order chi connectivity index (χ1) is 5.41. The number of aromatic carboxylic acids is 1. The van der Waals surface area contributed by atoms with Crippen molar-refractivity contribution >= 4 is 5.97 Å². The smallest absolute Gasteiger partial charge is 0.232 e. The van der Waals surface area contributed by atoms with Crippen molar-refractivity contribution < 1.29 is 14.4 Å². The first-order valence-electron chi connectivity index (χ1n) is 3.47. The third kappa shape index (κ3) is 1.61. The van der Waals surface area contributed by atoms with Gasteiger partial charge in [-0.05, 0) is 0 Å². The Kier molecular flexibility index (Phi) is 1.87. The maximum absolute atomic E-state index is 10.2. The molecule has 0 amide bonds. The molecule has 1 heterocycles. The van der Waals surface area contributed by atoms with Gasteiger partial charge in [0.1, 0.15) is 5.97 Å². The van der Waals surface area contributed by atoms with Gasteiger partial charge in [-0.2, -0.15) is 4.98 Å². The highest BCUT2D eigenvalue weighted by Crippen LogP contribution is 2.19. The van der Waals surface area contributed by atoms with Crippen molar-refractivity contribution in [2.45, 2.75) is 26.2 Å². The topological polar surface area (TPSA) is 79.0 Å². The van der Waals surface area contributed by atoms with Crippen molar-refractivity contribution in [2.75, 3.05) is 0 Å². The highest BCUT2D eigenvalue weighted by Gasteiger charge is 2.21. The van der Waals surface area contributed by atoms with Crippen LogP contribution in [0.2, 0.25) is 0 Å². The largest absolute Gasteiger partial charge is 0.541 e. The van der Waals surface area contributed by atoms with Gasteiger partial charge in [0.15, 0.2) is 0 Å². The van der Waals surface area contributed by atoms with E-state index in [1.807, 2.05) is 20.8 Å². The van der Waals surface area contributed by atoms with E-state index in [9.17, 15) is 9.90 Å². The Bertz CT molecular complexity index is 298. The molecule has 5 nitrogen and oxygen atoms in total. The molecule has 66 valence electrons. The lowest BCUT2D eigenvalue weighted by Crippen LogP contribution is -2.24. The van der Waals surface area contributed by atoms with Crippen molar-refractivity contribution in [3.05, 3.63) is 11.7 Å². The summed E-state index contributed by atoms with van der Waals surface area (Å²) in [7, 11) is 0. The third-order valence-corrected chi connectivity index (χ3v) is 1.25. The summed E-state index contributed by atoms with van der Waals surface area (Å²) in [5.74, 6) is -1.53. The molecule has 0 spiro atoms. The second kappa shape index (κ2) is 2.58. The van der Waals surface area contributed by atoms with Gasteiger partial charge in [0.25, 0.3) is 0 Å². The van der Waals surface area contributed by atoms with Crippen LogP contribution >= 0.6 is 0 Å². The molecule has 0 N–H and O–H groups in total. The van der Waals surface area contributed by atoms with Gasteiger partial charge in [-0.3, -0.25) is 0 Å². The molecule has 0 radical (unpaired) electrons. The normalized spacial score (nSPS) is 11.6. The van der Waals surface area contributed by atoms with Crippen molar-refractivity contribution in [3.8, 4) is 0 Å². The Morgan fingerprint density at radius 2 is 2.08 bits per heavy atom.